The summed E-state index contributed by atoms with van der Waals surface area (Å²) in [4.78, 5) is 17.2. The summed E-state index contributed by atoms with van der Waals surface area (Å²) < 4.78 is 6.95. The molecule has 0 saturated heterocycles. The van der Waals surface area contributed by atoms with E-state index in [1.165, 1.54) is 6.20 Å². The molecule has 0 atom stereocenters. The molecular weight excluding hydrogens is 410 g/mol. The average molecular weight is 428 g/mol. The van der Waals surface area contributed by atoms with E-state index in [1.807, 2.05) is 13.0 Å². The smallest absolute Gasteiger partial charge is 0.261 e. The number of hydrogen-bond donors (Lipinski definition) is 3. The Balaban J connectivity index is 1.68. The third-order valence-electron chi connectivity index (χ3n) is 4.47. The Morgan fingerprint density at radius 3 is 2.90 bits per heavy atom. The molecule has 30 heavy (non-hydrogen) atoms. The molecule has 0 fully saturated rings. The maximum Gasteiger partial charge on any atom is 0.261 e. The van der Waals surface area contributed by atoms with Gasteiger partial charge in [-0.2, -0.15) is 5.10 Å². The SMILES string of the molecule is CCn1ncc2c(NCc3ccc(OC)c(Cl)c3)c(C(=O)Nc3nnn[nH]3)cnc21. The normalized spacial score (nSPS) is 10.9. The average Bonchev–Trinajstić information content (AvgIpc) is 3.41. The third kappa shape index (κ3) is 3.74. The molecule has 0 unspecified atom stereocenters. The number of amides is 1. The first-order valence-corrected chi connectivity index (χ1v) is 9.44. The zero-order valence-corrected chi connectivity index (χ0v) is 16.9. The van der Waals surface area contributed by atoms with E-state index in [9.17, 15) is 4.79 Å². The van der Waals surface area contributed by atoms with Crippen LogP contribution < -0.4 is 15.4 Å². The van der Waals surface area contributed by atoms with E-state index >= 15 is 0 Å². The van der Waals surface area contributed by atoms with Crippen molar-refractivity contribution in [2.75, 3.05) is 17.7 Å². The van der Waals surface area contributed by atoms with Crippen molar-refractivity contribution < 1.29 is 9.53 Å². The van der Waals surface area contributed by atoms with Gasteiger partial charge in [0, 0.05) is 19.3 Å². The van der Waals surface area contributed by atoms with E-state index in [0.717, 1.165) is 10.9 Å². The maximum atomic E-state index is 12.8. The minimum Gasteiger partial charge on any atom is -0.495 e. The molecule has 3 heterocycles. The number of anilines is 2. The number of carbonyl (C=O) groups excluding carboxylic acids is 1. The summed E-state index contributed by atoms with van der Waals surface area (Å²) in [6.45, 7) is 3.04. The summed E-state index contributed by atoms with van der Waals surface area (Å²) in [6, 6.07) is 5.49. The second-order valence-electron chi connectivity index (χ2n) is 6.27. The Morgan fingerprint density at radius 2 is 2.20 bits per heavy atom. The van der Waals surface area contributed by atoms with Crippen LogP contribution in [0.25, 0.3) is 11.0 Å². The summed E-state index contributed by atoms with van der Waals surface area (Å²) in [5.74, 6) is 0.316. The molecule has 0 radical (unpaired) electrons. The van der Waals surface area contributed by atoms with Crippen molar-refractivity contribution >= 4 is 40.2 Å². The van der Waals surface area contributed by atoms with Crippen molar-refractivity contribution in [3.63, 3.8) is 0 Å². The first-order valence-electron chi connectivity index (χ1n) is 9.06. The second-order valence-corrected chi connectivity index (χ2v) is 6.68. The van der Waals surface area contributed by atoms with Crippen LogP contribution in [0.2, 0.25) is 5.02 Å². The van der Waals surface area contributed by atoms with Gasteiger partial charge in [-0.3, -0.25) is 10.1 Å². The van der Waals surface area contributed by atoms with Crippen LogP contribution in [-0.2, 0) is 13.1 Å². The number of aromatic nitrogens is 7. The lowest BCUT2D eigenvalue weighted by Crippen LogP contribution is -2.16. The molecule has 1 amide bonds. The number of aryl methyl sites for hydroxylation is 1. The van der Waals surface area contributed by atoms with Crippen LogP contribution in [-0.4, -0.2) is 48.4 Å². The molecule has 0 spiro atoms. The summed E-state index contributed by atoms with van der Waals surface area (Å²) in [6.07, 6.45) is 3.18. The molecule has 4 aromatic rings. The lowest BCUT2D eigenvalue weighted by Gasteiger charge is -2.13. The number of carbonyl (C=O) groups is 1. The first kappa shape index (κ1) is 19.6. The molecule has 0 aliphatic carbocycles. The van der Waals surface area contributed by atoms with Gasteiger partial charge in [0.1, 0.15) is 5.75 Å². The van der Waals surface area contributed by atoms with Crippen molar-refractivity contribution in [3.8, 4) is 5.75 Å². The van der Waals surface area contributed by atoms with Crippen LogP contribution in [0.15, 0.2) is 30.6 Å². The number of ether oxygens (including phenoxy) is 1. The van der Waals surface area contributed by atoms with E-state index in [2.05, 4.69) is 41.3 Å². The molecular formula is C18H18ClN9O2. The lowest BCUT2D eigenvalue weighted by molar-refractivity contribution is 0.102. The molecule has 11 nitrogen and oxygen atoms in total. The van der Waals surface area contributed by atoms with Crippen molar-refractivity contribution in [3.05, 3.63) is 46.7 Å². The fraction of sp³-hybridized carbons (Fsp3) is 0.222. The van der Waals surface area contributed by atoms with Gasteiger partial charge in [0.05, 0.1) is 35.0 Å². The highest BCUT2D eigenvalue weighted by Crippen LogP contribution is 2.29. The molecule has 0 saturated carbocycles. The summed E-state index contributed by atoms with van der Waals surface area (Å²) >= 11 is 6.23. The van der Waals surface area contributed by atoms with Crippen LogP contribution >= 0.6 is 11.6 Å². The zero-order chi connectivity index (χ0) is 21.1. The second kappa shape index (κ2) is 8.33. The zero-order valence-electron chi connectivity index (χ0n) is 16.2. The number of halogens is 1. The van der Waals surface area contributed by atoms with Gasteiger partial charge in [-0.25, -0.2) is 14.8 Å². The molecule has 1 aromatic carbocycles. The Morgan fingerprint density at radius 1 is 1.33 bits per heavy atom. The van der Waals surface area contributed by atoms with Crippen molar-refractivity contribution in [2.24, 2.45) is 0 Å². The fourth-order valence-electron chi connectivity index (χ4n) is 3.02. The number of tetrazole rings is 1. The molecule has 4 rings (SSSR count). The number of methoxy groups -OCH3 is 1. The molecule has 3 N–H and O–H groups in total. The number of nitrogens with zero attached hydrogens (tertiary/aromatic N) is 6. The lowest BCUT2D eigenvalue weighted by atomic mass is 10.1. The number of rotatable bonds is 7. The predicted octanol–water partition coefficient (Wildman–Crippen LogP) is 2.49. The Labute approximate surface area is 175 Å². The summed E-state index contributed by atoms with van der Waals surface area (Å²) in [7, 11) is 1.56. The van der Waals surface area contributed by atoms with E-state index in [4.69, 9.17) is 16.3 Å². The van der Waals surface area contributed by atoms with Crippen molar-refractivity contribution in [1.82, 2.24) is 35.4 Å². The minimum absolute atomic E-state index is 0.136. The number of pyridine rings is 1. The number of benzene rings is 1. The number of hydrogen-bond acceptors (Lipinski definition) is 8. The summed E-state index contributed by atoms with van der Waals surface area (Å²) in [5, 5.41) is 24.6. The van der Waals surface area contributed by atoms with Gasteiger partial charge in [-0.05, 0) is 35.0 Å². The minimum atomic E-state index is -0.414. The molecule has 0 aliphatic heterocycles. The van der Waals surface area contributed by atoms with Crippen LogP contribution in [0.3, 0.4) is 0 Å². The van der Waals surface area contributed by atoms with Gasteiger partial charge < -0.3 is 10.1 Å². The Hall–Kier alpha value is -3.73. The molecule has 12 heteroatoms. The maximum absolute atomic E-state index is 12.8. The predicted molar refractivity (Wildman–Crippen MR) is 111 cm³/mol. The van der Waals surface area contributed by atoms with Crippen molar-refractivity contribution in [2.45, 2.75) is 20.0 Å². The molecule has 0 aliphatic rings. The monoisotopic (exact) mass is 427 g/mol. The number of aromatic amines is 1. The quantitative estimate of drug-likeness (QED) is 0.409. The van der Waals surface area contributed by atoms with Crippen LogP contribution in [0.1, 0.15) is 22.8 Å². The highest BCUT2D eigenvalue weighted by atomic mass is 35.5. The molecule has 154 valence electrons. The number of nitrogens with one attached hydrogen (secondary N) is 3. The topological polar surface area (TPSA) is 136 Å². The first-order chi connectivity index (χ1) is 14.6. The Bertz CT molecular complexity index is 1190. The van der Waals surface area contributed by atoms with Gasteiger partial charge in [-0.1, -0.05) is 22.8 Å². The highest BCUT2D eigenvalue weighted by Gasteiger charge is 2.19. The summed E-state index contributed by atoms with van der Waals surface area (Å²) in [5.41, 5.74) is 2.51. The van der Waals surface area contributed by atoms with E-state index in [0.29, 0.717) is 40.8 Å². The van der Waals surface area contributed by atoms with Crippen LogP contribution in [0.4, 0.5) is 11.6 Å². The molecule has 3 aromatic heterocycles. The van der Waals surface area contributed by atoms with Crippen LogP contribution in [0.5, 0.6) is 5.75 Å². The van der Waals surface area contributed by atoms with E-state index in [1.54, 1.807) is 30.1 Å². The molecule has 0 bridgehead atoms. The Kier molecular flexibility index (Phi) is 5.44. The third-order valence-corrected chi connectivity index (χ3v) is 4.77. The van der Waals surface area contributed by atoms with Gasteiger partial charge in [0.15, 0.2) is 5.65 Å². The fourth-order valence-corrected chi connectivity index (χ4v) is 3.30. The van der Waals surface area contributed by atoms with Crippen molar-refractivity contribution in [1.29, 1.82) is 0 Å². The highest BCUT2D eigenvalue weighted by molar-refractivity contribution is 6.32. The van der Waals surface area contributed by atoms with Gasteiger partial charge >= 0.3 is 0 Å². The van der Waals surface area contributed by atoms with Gasteiger partial charge in [-0.15, -0.1) is 0 Å². The number of H-pyrrole nitrogens is 1. The number of fused-ring (bicyclic) bond motifs is 1. The van der Waals surface area contributed by atoms with Gasteiger partial charge in [0.25, 0.3) is 5.91 Å². The van der Waals surface area contributed by atoms with E-state index in [-0.39, 0.29) is 5.95 Å². The standard InChI is InChI=1S/C18H18ClN9O2/c1-3-28-16-11(9-22-28)15(20-7-10-4-5-14(30-2)13(19)6-10)12(8-21-16)17(29)23-18-24-26-27-25-18/h4-6,8-9H,3,7H2,1-2H3,(H,20,21)(H2,23,24,25,26,27,29). The largest absolute Gasteiger partial charge is 0.495 e. The van der Waals surface area contributed by atoms with Gasteiger partial charge in [0.2, 0.25) is 5.95 Å². The van der Waals surface area contributed by atoms with E-state index < -0.39 is 5.91 Å². The van der Waals surface area contributed by atoms with Crippen LogP contribution in [0, 0.1) is 0 Å².